The fourth-order valence-corrected chi connectivity index (χ4v) is 4.85. The molecule has 0 aliphatic carbocycles. The minimum Gasteiger partial charge on any atom is -0.493 e. The summed E-state index contributed by atoms with van der Waals surface area (Å²) in [7, 11) is 2.84. The highest BCUT2D eigenvalue weighted by atomic mass is 35.5. The van der Waals surface area contributed by atoms with Gasteiger partial charge in [-0.1, -0.05) is 37.0 Å². The van der Waals surface area contributed by atoms with E-state index in [1.807, 2.05) is 31.2 Å². The third-order valence-electron chi connectivity index (χ3n) is 6.41. The van der Waals surface area contributed by atoms with Crippen LogP contribution in [0.1, 0.15) is 20.8 Å². The van der Waals surface area contributed by atoms with Gasteiger partial charge in [-0.3, -0.25) is 9.36 Å². The van der Waals surface area contributed by atoms with Crippen molar-refractivity contribution in [3.05, 3.63) is 51.0 Å². The van der Waals surface area contributed by atoms with Crippen molar-refractivity contribution in [2.75, 3.05) is 45.8 Å². The van der Waals surface area contributed by atoms with Gasteiger partial charge < -0.3 is 24.4 Å². The lowest BCUT2D eigenvalue weighted by Gasteiger charge is -2.18. The number of pyridine rings is 2. The second-order valence-corrected chi connectivity index (χ2v) is 9.33. The molecule has 13 heteroatoms. The molecule has 1 aromatic carbocycles. The number of methoxy groups -OCH3 is 2. The number of ether oxygens (including phenoxy) is 3. The molecular weight excluding hydrogens is 557 g/mol. The van der Waals surface area contributed by atoms with Gasteiger partial charge >= 0.3 is 0 Å². The summed E-state index contributed by atoms with van der Waals surface area (Å²) >= 11 is 12.5. The summed E-state index contributed by atoms with van der Waals surface area (Å²) in [6.07, 6.45) is 0. The van der Waals surface area contributed by atoms with E-state index in [1.165, 1.54) is 18.8 Å². The lowest BCUT2D eigenvalue weighted by molar-refractivity contribution is 0.223. The van der Waals surface area contributed by atoms with Gasteiger partial charge in [-0.05, 0) is 50.3 Å². The van der Waals surface area contributed by atoms with E-state index in [0.717, 1.165) is 31.1 Å². The molecule has 40 heavy (non-hydrogen) atoms. The molecular formula is C27H31Cl2N7O4. The number of anilines is 2. The predicted octanol–water partition coefficient (Wildman–Crippen LogP) is 5.06. The number of likely N-dealkylation sites (N-methyl/N-ethyl adjacent to an activating group) is 1. The molecule has 0 aliphatic heterocycles. The van der Waals surface area contributed by atoms with Crippen molar-refractivity contribution in [1.29, 1.82) is 0 Å². The Balaban J connectivity index is 1.65. The van der Waals surface area contributed by atoms with E-state index in [9.17, 15) is 4.79 Å². The Bertz CT molecular complexity index is 1520. The summed E-state index contributed by atoms with van der Waals surface area (Å²) in [5.41, 5.74) is 1.61. The van der Waals surface area contributed by atoms with E-state index < -0.39 is 0 Å². The van der Waals surface area contributed by atoms with Crippen LogP contribution in [0.25, 0.3) is 22.3 Å². The topological polar surface area (TPSA) is 117 Å². The Morgan fingerprint density at radius 1 is 0.950 bits per heavy atom. The Labute approximate surface area is 242 Å². The van der Waals surface area contributed by atoms with Crippen molar-refractivity contribution in [2.24, 2.45) is 0 Å². The average molecular weight is 588 g/mol. The molecule has 4 aromatic rings. The number of nitrogens with one attached hydrogen (secondary N) is 1. The third kappa shape index (κ3) is 6.06. The molecule has 0 saturated carbocycles. The average Bonchev–Trinajstić information content (AvgIpc) is 2.96. The number of aryl methyl sites for hydroxylation is 1. The lowest BCUT2D eigenvalue weighted by Crippen LogP contribution is -2.27. The van der Waals surface area contributed by atoms with Gasteiger partial charge in [0.05, 0.1) is 25.3 Å². The van der Waals surface area contributed by atoms with Crippen molar-refractivity contribution < 1.29 is 14.2 Å². The molecule has 0 unspecified atom stereocenters. The lowest BCUT2D eigenvalue weighted by atomic mass is 10.1. The van der Waals surface area contributed by atoms with Gasteiger partial charge in [-0.15, -0.1) is 10.2 Å². The van der Waals surface area contributed by atoms with Gasteiger partial charge in [-0.2, -0.15) is 4.98 Å². The molecule has 0 radical (unpaired) electrons. The second kappa shape index (κ2) is 13.1. The molecule has 4 rings (SSSR count). The monoisotopic (exact) mass is 587 g/mol. The van der Waals surface area contributed by atoms with Crippen molar-refractivity contribution in [2.45, 2.75) is 27.3 Å². The molecule has 11 nitrogen and oxygen atoms in total. The second-order valence-electron chi connectivity index (χ2n) is 8.61. The molecule has 3 heterocycles. The molecule has 0 fully saturated rings. The van der Waals surface area contributed by atoms with E-state index in [2.05, 4.69) is 44.2 Å². The largest absolute Gasteiger partial charge is 0.493 e. The maximum Gasteiger partial charge on any atom is 0.260 e. The number of hydrogen-bond acceptors (Lipinski definition) is 10. The summed E-state index contributed by atoms with van der Waals surface area (Å²) in [4.78, 5) is 24.6. The van der Waals surface area contributed by atoms with Crippen LogP contribution in [0.5, 0.6) is 17.2 Å². The number of fused-ring (bicyclic) bond motifs is 1. The van der Waals surface area contributed by atoms with Gasteiger partial charge in [-0.25, -0.2) is 4.98 Å². The number of halogens is 2. The molecule has 0 bridgehead atoms. The molecule has 0 saturated heterocycles. The zero-order valence-electron chi connectivity index (χ0n) is 23.0. The summed E-state index contributed by atoms with van der Waals surface area (Å²) in [6, 6.07) is 9.04. The van der Waals surface area contributed by atoms with Crippen LogP contribution in [0.3, 0.4) is 0 Å². The minimum absolute atomic E-state index is 0.00471. The van der Waals surface area contributed by atoms with Crippen LogP contribution in [0.2, 0.25) is 10.3 Å². The summed E-state index contributed by atoms with van der Waals surface area (Å²) in [6.45, 7) is 9.87. The van der Waals surface area contributed by atoms with Crippen LogP contribution in [0.4, 0.5) is 11.6 Å². The fraction of sp³-hybridized carbons (Fsp3) is 0.370. The molecule has 3 aromatic heterocycles. The van der Waals surface area contributed by atoms with E-state index in [1.54, 1.807) is 6.07 Å². The van der Waals surface area contributed by atoms with Gasteiger partial charge in [0.25, 0.3) is 5.56 Å². The predicted molar refractivity (Wildman–Crippen MR) is 157 cm³/mol. The normalized spacial score (nSPS) is 11.2. The minimum atomic E-state index is -0.359. The first-order valence-electron chi connectivity index (χ1n) is 12.8. The molecule has 0 spiro atoms. The molecule has 0 amide bonds. The standard InChI is InChI=1S/C27H31Cl2N7O4/c1-6-35(7-2)13-14-40-17-11-9-16(10-12-17)30-27-32-25-19(33-34-27)15-18(26(37)36(25)8-3)20-21(38-4)23(28)31-24(29)22(20)39-5/h9-12,15H,6-8,13-14H2,1-5H3,(H,30,32,34). The molecule has 212 valence electrons. The number of benzene rings is 1. The molecule has 1 N–H and O–H groups in total. The Morgan fingerprint density at radius 2 is 1.60 bits per heavy atom. The number of nitrogens with zero attached hydrogens (tertiary/aromatic N) is 6. The maximum absolute atomic E-state index is 13.7. The SMILES string of the molecule is CCN(CC)CCOc1ccc(Nc2nnc3cc(-c4c(OC)c(Cl)nc(Cl)c4OC)c(=O)n(CC)c3n2)cc1. The maximum atomic E-state index is 13.7. The first kappa shape index (κ1) is 29.3. The highest BCUT2D eigenvalue weighted by Gasteiger charge is 2.25. The van der Waals surface area contributed by atoms with E-state index in [4.69, 9.17) is 37.4 Å². The summed E-state index contributed by atoms with van der Waals surface area (Å²) in [5.74, 6) is 1.32. The zero-order chi connectivity index (χ0) is 28.8. The van der Waals surface area contributed by atoms with Crippen LogP contribution >= 0.6 is 23.2 Å². The summed E-state index contributed by atoms with van der Waals surface area (Å²) < 4.78 is 18.2. The van der Waals surface area contributed by atoms with Crippen molar-refractivity contribution in [1.82, 2.24) is 29.6 Å². The van der Waals surface area contributed by atoms with Crippen molar-refractivity contribution in [3.63, 3.8) is 0 Å². The molecule has 0 aliphatic rings. The van der Waals surface area contributed by atoms with Crippen molar-refractivity contribution in [3.8, 4) is 28.4 Å². The van der Waals surface area contributed by atoms with Gasteiger partial charge in [0, 0.05) is 18.8 Å². The number of aromatic nitrogens is 5. The van der Waals surface area contributed by atoms with E-state index >= 15 is 0 Å². The van der Waals surface area contributed by atoms with Gasteiger partial charge in [0.15, 0.2) is 27.5 Å². The van der Waals surface area contributed by atoms with Gasteiger partial charge in [0.1, 0.15) is 17.9 Å². The smallest absolute Gasteiger partial charge is 0.260 e. The van der Waals surface area contributed by atoms with Gasteiger partial charge in [0.2, 0.25) is 5.95 Å². The Hall–Kier alpha value is -3.67. The van der Waals surface area contributed by atoms with Crippen molar-refractivity contribution >= 4 is 46.0 Å². The first-order valence-corrected chi connectivity index (χ1v) is 13.6. The number of hydrogen-bond donors (Lipinski definition) is 1. The Kier molecular flexibility index (Phi) is 9.62. The quantitative estimate of drug-likeness (QED) is 0.225. The van der Waals surface area contributed by atoms with E-state index in [-0.39, 0.29) is 44.4 Å². The Morgan fingerprint density at radius 3 is 2.17 bits per heavy atom. The zero-order valence-corrected chi connectivity index (χ0v) is 24.5. The van der Waals surface area contributed by atoms with Crippen LogP contribution in [0.15, 0.2) is 35.1 Å². The number of rotatable bonds is 12. The fourth-order valence-electron chi connectivity index (χ4n) is 4.29. The summed E-state index contributed by atoms with van der Waals surface area (Å²) in [5, 5.41) is 11.7. The van der Waals surface area contributed by atoms with E-state index in [0.29, 0.717) is 24.3 Å². The highest BCUT2D eigenvalue weighted by molar-refractivity contribution is 6.35. The van der Waals surface area contributed by atoms with Crippen LogP contribution in [0, 0.1) is 0 Å². The first-order chi connectivity index (χ1) is 19.3. The van der Waals surface area contributed by atoms with Crippen LogP contribution in [-0.4, -0.2) is 70.1 Å². The third-order valence-corrected chi connectivity index (χ3v) is 6.92. The highest BCUT2D eigenvalue weighted by Crippen LogP contribution is 2.44. The van der Waals surface area contributed by atoms with Crippen LogP contribution < -0.4 is 25.1 Å². The van der Waals surface area contributed by atoms with Crippen LogP contribution in [-0.2, 0) is 6.54 Å². The molecule has 0 atom stereocenters.